The molecule has 1 N–H and O–H groups in total. The molecule has 3 rings (SSSR count). The van der Waals surface area contributed by atoms with Crippen molar-refractivity contribution in [3.8, 4) is 17.2 Å². The number of hydrogen-bond acceptors (Lipinski definition) is 5. The van der Waals surface area contributed by atoms with Crippen LogP contribution in [-0.4, -0.2) is 32.1 Å². The number of ether oxygens (including phenoxy) is 1. The number of carbonyl (C=O) groups excluding carboxylic acids is 1. The highest BCUT2D eigenvalue weighted by atomic mass is 35.5. The van der Waals surface area contributed by atoms with E-state index < -0.39 is 16.0 Å². The summed E-state index contributed by atoms with van der Waals surface area (Å²) in [4.78, 5) is 12.8. The summed E-state index contributed by atoms with van der Waals surface area (Å²) in [6.07, 6.45) is 1.06. The number of rotatable bonds is 9. The molecule has 0 unspecified atom stereocenters. The fraction of sp³-hybridized carbons (Fsp3) is 0.280. The van der Waals surface area contributed by atoms with Crippen LogP contribution < -0.4 is 4.72 Å². The lowest BCUT2D eigenvalue weighted by molar-refractivity contribution is 0.0516. The van der Waals surface area contributed by atoms with E-state index in [2.05, 4.69) is 10.8 Å². The Morgan fingerprint density at radius 2 is 1.88 bits per heavy atom. The first-order valence-electron chi connectivity index (χ1n) is 10.9. The molecule has 0 aliphatic rings. The van der Waals surface area contributed by atoms with Gasteiger partial charge in [-0.25, -0.2) is 17.9 Å². The van der Waals surface area contributed by atoms with Crippen molar-refractivity contribution in [2.45, 2.75) is 31.6 Å². The predicted molar refractivity (Wildman–Crippen MR) is 131 cm³/mol. The summed E-state index contributed by atoms with van der Waals surface area (Å²) in [5, 5.41) is 10.2. The molecule has 7 nitrogen and oxygen atoms in total. The van der Waals surface area contributed by atoms with Crippen LogP contribution in [0.25, 0.3) is 11.1 Å². The SMILES string of the molecule is CCOC(=O)c1c(-c2ccc(CCNS(=O)(=O)c3cccc(Cl)c3)cc2)c(C#N)c(CC)n1C. The number of nitrogens with one attached hydrogen (secondary N) is 1. The molecular weight excluding hydrogens is 474 g/mol. The van der Waals surface area contributed by atoms with Gasteiger partial charge in [-0.1, -0.05) is 48.9 Å². The number of esters is 1. The molecule has 0 radical (unpaired) electrons. The van der Waals surface area contributed by atoms with Gasteiger partial charge in [0.25, 0.3) is 0 Å². The van der Waals surface area contributed by atoms with Gasteiger partial charge in [0.15, 0.2) is 0 Å². The molecule has 0 fully saturated rings. The first-order valence-corrected chi connectivity index (χ1v) is 12.7. The molecule has 0 saturated carbocycles. The average Bonchev–Trinajstić information content (AvgIpc) is 3.10. The third-order valence-electron chi connectivity index (χ3n) is 5.49. The minimum atomic E-state index is -3.66. The van der Waals surface area contributed by atoms with Crippen LogP contribution in [0.3, 0.4) is 0 Å². The molecule has 2 aromatic carbocycles. The number of hydrogen-bond donors (Lipinski definition) is 1. The van der Waals surface area contributed by atoms with Crippen molar-refractivity contribution in [2.24, 2.45) is 7.05 Å². The van der Waals surface area contributed by atoms with Gasteiger partial charge >= 0.3 is 5.97 Å². The number of carbonyl (C=O) groups is 1. The molecule has 0 amide bonds. The zero-order valence-corrected chi connectivity index (χ0v) is 20.8. The highest BCUT2D eigenvalue weighted by Gasteiger charge is 2.26. The van der Waals surface area contributed by atoms with Crippen molar-refractivity contribution < 1.29 is 17.9 Å². The maximum Gasteiger partial charge on any atom is 0.355 e. The lowest BCUT2D eigenvalue weighted by Crippen LogP contribution is -2.26. The van der Waals surface area contributed by atoms with E-state index in [0.717, 1.165) is 16.8 Å². The topological polar surface area (TPSA) is 101 Å². The Bertz CT molecular complexity index is 1340. The first-order chi connectivity index (χ1) is 16.2. The minimum Gasteiger partial charge on any atom is -0.461 e. The van der Waals surface area contributed by atoms with Crippen LogP contribution in [0.2, 0.25) is 5.02 Å². The number of nitrogens with zero attached hydrogens (tertiary/aromatic N) is 2. The summed E-state index contributed by atoms with van der Waals surface area (Å²) in [6.45, 7) is 4.11. The molecule has 0 spiro atoms. The average molecular weight is 500 g/mol. The van der Waals surface area contributed by atoms with Gasteiger partial charge in [-0.05, 0) is 49.1 Å². The van der Waals surface area contributed by atoms with Crippen molar-refractivity contribution in [2.75, 3.05) is 13.2 Å². The van der Waals surface area contributed by atoms with Crippen LogP contribution in [-0.2, 0) is 34.6 Å². The molecule has 3 aromatic rings. The standard InChI is InChI=1S/C25H26ClN3O4S/c1-4-22-21(16-27)23(24(29(22)3)25(30)33-5-2)18-11-9-17(10-12-18)13-14-28-34(31,32)20-8-6-7-19(26)15-20/h6-12,15,28H,4-5,13-14H2,1-3H3. The summed E-state index contributed by atoms with van der Waals surface area (Å²) in [5.74, 6) is -0.476. The summed E-state index contributed by atoms with van der Waals surface area (Å²) < 4.78 is 34.5. The molecule has 0 saturated heterocycles. The first kappa shape index (κ1) is 25.5. The molecule has 34 heavy (non-hydrogen) atoms. The summed E-state index contributed by atoms with van der Waals surface area (Å²) in [5.41, 5.74) is 3.74. The van der Waals surface area contributed by atoms with Crippen molar-refractivity contribution in [1.82, 2.24) is 9.29 Å². The Kier molecular flexibility index (Phi) is 8.15. The smallest absolute Gasteiger partial charge is 0.355 e. The van der Waals surface area contributed by atoms with E-state index in [0.29, 0.717) is 34.7 Å². The molecule has 0 aliphatic carbocycles. The molecular formula is C25H26ClN3O4S. The van der Waals surface area contributed by atoms with Gasteiger partial charge in [-0.3, -0.25) is 0 Å². The lowest BCUT2D eigenvalue weighted by atomic mass is 9.98. The molecule has 1 aromatic heterocycles. The number of sulfonamides is 1. The largest absolute Gasteiger partial charge is 0.461 e. The van der Waals surface area contributed by atoms with E-state index in [9.17, 15) is 18.5 Å². The summed E-state index contributed by atoms with van der Waals surface area (Å²) in [7, 11) is -1.90. The van der Waals surface area contributed by atoms with Crippen LogP contribution in [0.1, 0.15) is 41.2 Å². The Morgan fingerprint density at radius 3 is 2.47 bits per heavy atom. The second kappa shape index (κ2) is 10.9. The van der Waals surface area contributed by atoms with E-state index >= 15 is 0 Å². The Balaban J connectivity index is 1.82. The monoisotopic (exact) mass is 499 g/mol. The van der Waals surface area contributed by atoms with Gasteiger partial charge in [-0.2, -0.15) is 5.26 Å². The van der Waals surface area contributed by atoms with E-state index in [4.69, 9.17) is 16.3 Å². The van der Waals surface area contributed by atoms with Crippen LogP contribution in [0, 0.1) is 11.3 Å². The van der Waals surface area contributed by atoms with Crippen molar-refractivity contribution in [1.29, 1.82) is 5.26 Å². The zero-order chi connectivity index (χ0) is 24.9. The van der Waals surface area contributed by atoms with Crippen LogP contribution in [0.4, 0.5) is 0 Å². The molecule has 1 heterocycles. The highest BCUT2D eigenvalue weighted by molar-refractivity contribution is 7.89. The maximum absolute atomic E-state index is 12.7. The fourth-order valence-electron chi connectivity index (χ4n) is 3.87. The van der Waals surface area contributed by atoms with E-state index in [-0.39, 0.29) is 18.0 Å². The number of halogens is 1. The predicted octanol–water partition coefficient (Wildman–Crippen LogP) is 4.48. The highest BCUT2D eigenvalue weighted by Crippen LogP contribution is 2.33. The summed E-state index contributed by atoms with van der Waals surface area (Å²) in [6, 6.07) is 15.7. The maximum atomic E-state index is 12.7. The van der Waals surface area contributed by atoms with E-state index in [1.54, 1.807) is 30.7 Å². The molecule has 0 aliphatic heterocycles. The fourth-order valence-corrected chi connectivity index (χ4v) is 5.20. The summed E-state index contributed by atoms with van der Waals surface area (Å²) >= 11 is 5.89. The molecule has 9 heteroatoms. The van der Waals surface area contributed by atoms with Gasteiger partial charge < -0.3 is 9.30 Å². The second-order valence-corrected chi connectivity index (χ2v) is 9.80. The van der Waals surface area contributed by atoms with Crippen LogP contribution in [0.5, 0.6) is 0 Å². The number of aromatic nitrogens is 1. The van der Waals surface area contributed by atoms with Crippen LogP contribution >= 0.6 is 11.6 Å². The zero-order valence-electron chi connectivity index (χ0n) is 19.3. The van der Waals surface area contributed by atoms with E-state index in [1.165, 1.54) is 12.1 Å². The van der Waals surface area contributed by atoms with Gasteiger partial charge in [0, 0.05) is 29.9 Å². The third kappa shape index (κ3) is 5.33. The second-order valence-electron chi connectivity index (χ2n) is 7.59. The number of benzene rings is 2. The van der Waals surface area contributed by atoms with Crippen LogP contribution in [0.15, 0.2) is 53.4 Å². The normalized spacial score (nSPS) is 11.3. The minimum absolute atomic E-state index is 0.113. The van der Waals surface area contributed by atoms with Gasteiger partial charge in [0.2, 0.25) is 10.0 Å². The Hall–Kier alpha value is -3.12. The van der Waals surface area contributed by atoms with Gasteiger partial charge in [0.1, 0.15) is 11.8 Å². The molecule has 0 atom stereocenters. The van der Waals surface area contributed by atoms with Crippen molar-refractivity contribution in [3.63, 3.8) is 0 Å². The van der Waals surface area contributed by atoms with Crippen molar-refractivity contribution in [3.05, 3.63) is 76.1 Å². The Morgan fingerprint density at radius 1 is 1.18 bits per heavy atom. The van der Waals surface area contributed by atoms with Crippen molar-refractivity contribution >= 4 is 27.6 Å². The quantitative estimate of drug-likeness (QED) is 0.437. The molecule has 178 valence electrons. The lowest BCUT2D eigenvalue weighted by Gasteiger charge is -2.09. The Labute approximate surface area is 205 Å². The molecule has 0 bridgehead atoms. The number of nitriles is 1. The van der Waals surface area contributed by atoms with E-state index in [1.807, 2.05) is 31.2 Å². The van der Waals surface area contributed by atoms with Gasteiger partial charge in [0.05, 0.1) is 17.1 Å². The van der Waals surface area contributed by atoms with Gasteiger partial charge in [-0.15, -0.1) is 0 Å². The third-order valence-corrected chi connectivity index (χ3v) is 7.18.